The van der Waals surface area contributed by atoms with Crippen LogP contribution in [0, 0.1) is 0 Å². The zero-order chi connectivity index (χ0) is 14.2. The highest BCUT2D eigenvalue weighted by Crippen LogP contribution is 2.27. The number of rotatable bonds is 2. The molecule has 3 aromatic heterocycles. The van der Waals surface area contributed by atoms with Crippen molar-refractivity contribution >= 4 is 16.4 Å². The summed E-state index contributed by atoms with van der Waals surface area (Å²) in [6, 6.07) is 9.67. The van der Waals surface area contributed by atoms with Gasteiger partial charge in [-0.2, -0.15) is 5.10 Å². The lowest BCUT2D eigenvalue weighted by molar-refractivity contribution is 0.222. The van der Waals surface area contributed by atoms with Gasteiger partial charge in [-0.25, -0.2) is 4.52 Å². The molecule has 0 spiro atoms. The summed E-state index contributed by atoms with van der Waals surface area (Å²) in [4.78, 5) is 8.41. The number of fused-ring (bicyclic) bond motifs is 2. The van der Waals surface area contributed by atoms with E-state index in [2.05, 4.69) is 15.1 Å². The summed E-state index contributed by atoms with van der Waals surface area (Å²) in [5, 5.41) is 15.9. The topological polar surface area (TPSA) is 63.3 Å². The molecule has 0 fully saturated rings. The standard InChI is InChI=1S/C16H12N4O/c21-16(13-9-19-20-7-6-17-10-15(13)20)12-4-3-11-2-1-5-18-14(11)8-12/h1-10,16,21H. The van der Waals surface area contributed by atoms with Gasteiger partial charge in [-0.3, -0.25) is 9.97 Å². The average molecular weight is 276 g/mol. The maximum atomic E-state index is 10.6. The van der Waals surface area contributed by atoms with E-state index in [1.807, 2.05) is 30.3 Å². The highest BCUT2D eigenvalue weighted by atomic mass is 16.3. The zero-order valence-corrected chi connectivity index (χ0v) is 11.1. The number of aliphatic hydroxyl groups is 1. The van der Waals surface area contributed by atoms with Crippen LogP contribution in [0.4, 0.5) is 0 Å². The van der Waals surface area contributed by atoms with Gasteiger partial charge in [0.05, 0.1) is 23.4 Å². The second-order valence-corrected chi connectivity index (χ2v) is 4.86. The molecule has 0 aliphatic rings. The van der Waals surface area contributed by atoms with E-state index in [-0.39, 0.29) is 0 Å². The summed E-state index contributed by atoms with van der Waals surface area (Å²) in [5.74, 6) is 0. The van der Waals surface area contributed by atoms with Crippen molar-refractivity contribution in [3.8, 4) is 0 Å². The van der Waals surface area contributed by atoms with Gasteiger partial charge in [-0.05, 0) is 17.7 Å². The van der Waals surface area contributed by atoms with Gasteiger partial charge in [-0.1, -0.05) is 18.2 Å². The lowest BCUT2D eigenvalue weighted by Gasteiger charge is -2.10. The maximum absolute atomic E-state index is 10.6. The van der Waals surface area contributed by atoms with Gasteiger partial charge in [0.1, 0.15) is 6.10 Å². The van der Waals surface area contributed by atoms with Crippen LogP contribution in [0.3, 0.4) is 0 Å². The van der Waals surface area contributed by atoms with Gasteiger partial charge in [0.2, 0.25) is 0 Å². The van der Waals surface area contributed by atoms with Crippen LogP contribution in [0.5, 0.6) is 0 Å². The first-order chi connectivity index (χ1) is 10.3. The number of hydrogen-bond acceptors (Lipinski definition) is 4. The largest absolute Gasteiger partial charge is 0.384 e. The molecule has 4 aromatic rings. The van der Waals surface area contributed by atoms with Crippen LogP contribution in [-0.4, -0.2) is 24.7 Å². The molecule has 1 atom stereocenters. The van der Waals surface area contributed by atoms with Crippen molar-refractivity contribution in [2.75, 3.05) is 0 Å². The second-order valence-electron chi connectivity index (χ2n) is 4.86. The highest BCUT2D eigenvalue weighted by molar-refractivity contribution is 5.79. The predicted molar refractivity (Wildman–Crippen MR) is 78.8 cm³/mol. The monoisotopic (exact) mass is 276 g/mol. The smallest absolute Gasteiger partial charge is 0.108 e. The summed E-state index contributed by atoms with van der Waals surface area (Å²) in [7, 11) is 0. The summed E-state index contributed by atoms with van der Waals surface area (Å²) >= 11 is 0. The third kappa shape index (κ3) is 1.95. The number of aliphatic hydroxyl groups excluding tert-OH is 1. The number of pyridine rings is 1. The molecule has 102 valence electrons. The Balaban J connectivity index is 1.83. The maximum Gasteiger partial charge on any atom is 0.108 e. The minimum Gasteiger partial charge on any atom is -0.384 e. The molecular weight excluding hydrogens is 264 g/mol. The molecule has 0 radical (unpaired) electrons. The first-order valence-corrected chi connectivity index (χ1v) is 6.63. The van der Waals surface area contributed by atoms with Crippen LogP contribution < -0.4 is 0 Å². The van der Waals surface area contributed by atoms with E-state index in [4.69, 9.17) is 0 Å². The Bertz CT molecular complexity index is 932. The number of hydrogen-bond donors (Lipinski definition) is 1. The van der Waals surface area contributed by atoms with Gasteiger partial charge in [-0.15, -0.1) is 0 Å². The molecule has 0 saturated carbocycles. The van der Waals surface area contributed by atoms with E-state index >= 15 is 0 Å². The molecule has 5 heteroatoms. The Kier molecular flexibility index (Phi) is 2.65. The van der Waals surface area contributed by atoms with Crippen molar-refractivity contribution in [2.24, 2.45) is 0 Å². The zero-order valence-electron chi connectivity index (χ0n) is 11.1. The molecule has 1 aromatic carbocycles. The molecule has 3 heterocycles. The third-order valence-corrected chi connectivity index (χ3v) is 3.59. The normalized spacial score (nSPS) is 12.8. The average Bonchev–Trinajstić information content (AvgIpc) is 2.98. The summed E-state index contributed by atoms with van der Waals surface area (Å²) in [5.41, 5.74) is 3.19. The summed E-state index contributed by atoms with van der Waals surface area (Å²) in [6.07, 6.45) is 7.79. The van der Waals surface area contributed by atoms with E-state index in [9.17, 15) is 5.11 Å². The molecule has 4 rings (SSSR count). The van der Waals surface area contributed by atoms with Crippen molar-refractivity contribution in [3.05, 3.63) is 72.4 Å². The fourth-order valence-electron chi connectivity index (χ4n) is 2.50. The number of nitrogens with zero attached hydrogens (tertiary/aromatic N) is 4. The molecule has 0 saturated heterocycles. The van der Waals surface area contributed by atoms with Gasteiger partial charge in [0.15, 0.2) is 0 Å². The lowest BCUT2D eigenvalue weighted by atomic mass is 10.0. The van der Waals surface area contributed by atoms with E-state index in [1.54, 1.807) is 35.5 Å². The fraction of sp³-hybridized carbons (Fsp3) is 0.0625. The predicted octanol–water partition coefficient (Wildman–Crippen LogP) is 2.36. The molecular formula is C16H12N4O. The summed E-state index contributed by atoms with van der Waals surface area (Å²) < 4.78 is 1.70. The Morgan fingerprint density at radius 2 is 2.05 bits per heavy atom. The fourth-order valence-corrected chi connectivity index (χ4v) is 2.50. The molecule has 0 bridgehead atoms. The van der Waals surface area contributed by atoms with Gasteiger partial charge < -0.3 is 5.11 Å². The molecule has 5 nitrogen and oxygen atoms in total. The van der Waals surface area contributed by atoms with Crippen molar-refractivity contribution in [2.45, 2.75) is 6.10 Å². The molecule has 0 amide bonds. The SMILES string of the molecule is OC(c1ccc2cccnc2c1)c1cnn2ccncc12. The second kappa shape index (κ2) is 4.64. The quantitative estimate of drug-likeness (QED) is 0.610. The van der Waals surface area contributed by atoms with Crippen LogP contribution in [0.2, 0.25) is 0 Å². The Morgan fingerprint density at radius 1 is 1.10 bits per heavy atom. The van der Waals surface area contributed by atoms with Crippen molar-refractivity contribution in [1.29, 1.82) is 0 Å². The molecule has 1 N–H and O–H groups in total. The minimum absolute atomic E-state index is 0.735. The Hall–Kier alpha value is -2.79. The molecule has 0 aliphatic carbocycles. The van der Waals surface area contributed by atoms with E-state index in [0.29, 0.717) is 0 Å². The van der Waals surface area contributed by atoms with Crippen molar-refractivity contribution in [3.63, 3.8) is 0 Å². The number of aromatic nitrogens is 4. The first kappa shape index (κ1) is 12.0. The Labute approximate surface area is 120 Å². The van der Waals surface area contributed by atoms with E-state index in [1.165, 1.54) is 0 Å². The Morgan fingerprint density at radius 3 is 3.00 bits per heavy atom. The third-order valence-electron chi connectivity index (χ3n) is 3.59. The van der Waals surface area contributed by atoms with Crippen LogP contribution in [0.15, 0.2) is 61.3 Å². The van der Waals surface area contributed by atoms with Crippen LogP contribution >= 0.6 is 0 Å². The van der Waals surface area contributed by atoms with Crippen molar-refractivity contribution in [1.82, 2.24) is 19.6 Å². The van der Waals surface area contributed by atoms with Gasteiger partial charge in [0, 0.05) is 29.5 Å². The highest BCUT2D eigenvalue weighted by Gasteiger charge is 2.16. The number of benzene rings is 1. The van der Waals surface area contributed by atoms with E-state index < -0.39 is 6.10 Å². The lowest BCUT2D eigenvalue weighted by Crippen LogP contribution is -1.99. The summed E-state index contributed by atoms with van der Waals surface area (Å²) in [6.45, 7) is 0. The molecule has 0 aliphatic heterocycles. The molecule has 21 heavy (non-hydrogen) atoms. The van der Waals surface area contributed by atoms with Crippen molar-refractivity contribution < 1.29 is 5.11 Å². The van der Waals surface area contributed by atoms with Gasteiger partial charge >= 0.3 is 0 Å². The molecule has 1 unspecified atom stereocenters. The van der Waals surface area contributed by atoms with Gasteiger partial charge in [0.25, 0.3) is 0 Å². The first-order valence-electron chi connectivity index (χ1n) is 6.63. The van der Waals surface area contributed by atoms with Crippen LogP contribution in [0.1, 0.15) is 17.2 Å². The van der Waals surface area contributed by atoms with E-state index in [0.717, 1.165) is 27.5 Å². The van der Waals surface area contributed by atoms with Crippen LogP contribution in [-0.2, 0) is 0 Å². The van der Waals surface area contributed by atoms with Crippen LogP contribution in [0.25, 0.3) is 16.4 Å². The minimum atomic E-state index is -0.752.